The summed E-state index contributed by atoms with van der Waals surface area (Å²) in [6.45, 7) is 2.27. The molecule has 0 amide bonds. The lowest BCUT2D eigenvalue weighted by atomic mass is 10.0. The standard InChI is InChI=1S/C15H19NO2S/c1-2-18-15(17)9-5-7-13(16)12-10-19-14-8-4-3-6-11(12)14/h3-4,6,8,10,13H,2,5,7,9,16H2,1H3. The number of carbonyl (C=O) groups excluding carboxylic acids is 1. The highest BCUT2D eigenvalue weighted by atomic mass is 32.1. The highest BCUT2D eigenvalue weighted by Crippen LogP contribution is 2.31. The van der Waals surface area contributed by atoms with Crippen LogP contribution in [0.15, 0.2) is 29.6 Å². The van der Waals surface area contributed by atoms with E-state index in [0.717, 1.165) is 12.8 Å². The largest absolute Gasteiger partial charge is 0.466 e. The predicted octanol–water partition coefficient (Wildman–Crippen LogP) is 3.63. The van der Waals surface area contributed by atoms with Gasteiger partial charge in [0, 0.05) is 17.2 Å². The van der Waals surface area contributed by atoms with Gasteiger partial charge in [0.15, 0.2) is 0 Å². The zero-order chi connectivity index (χ0) is 13.7. The Labute approximate surface area is 117 Å². The van der Waals surface area contributed by atoms with E-state index in [-0.39, 0.29) is 12.0 Å². The van der Waals surface area contributed by atoms with Gasteiger partial charge in [0.2, 0.25) is 0 Å². The number of thiophene rings is 1. The number of hydrogen-bond donors (Lipinski definition) is 1. The Morgan fingerprint density at radius 3 is 3.00 bits per heavy atom. The van der Waals surface area contributed by atoms with Crippen LogP contribution >= 0.6 is 11.3 Å². The first kappa shape index (κ1) is 14.0. The molecule has 0 saturated heterocycles. The SMILES string of the molecule is CCOC(=O)CCCC(N)c1csc2ccccc12. The second-order valence-corrected chi connectivity index (χ2v) is 5.40. The molecule has 1 aromatic carbocycles. The lowest BCUT2D eigenvalue weighted by molar-refractivity contribution is -0.143. The smallest absolute Gasteiger partial charge is 0.305 e. The summed E-state index contributed by atoms with van der Waals surface area (Å²) < 4.78 is 6.17. The maximum atomic E-state index is 11.3. The summed E-state index contributed by atoms with van der Waals surface area (Å²) in [5.74, 6) is -0.134. The van der Waals surface area contributed by atoms with E-state index in [9.17, 15) is 4.79 Å². The van der Waals surface area contributed by atoms with Crippen molar-refractivity contribution in [2.75, 3.05) is 6.61 Å². The van der Waals surface area contributed by atoms with E-state index >= 15 is 0 Å². The van der Waals surface area contributed by atoms with Gasteiger partial charge < -0.3 is 10.5 Å². The minimum Gasteiger partial charge on any atom is -0.466 e. The predicted molar refractivity (Wildman–Crippen MR) is 79.2 cm³/mol. The molecule has 0 aliphatic rings. The van der Waals surface area contributed by atoms with Gasteiger partial charge in [-0.15, -0.1) is 11.3 Å². The molecule has 4 heteroatoms. The maximum Gasteiger partial charge on any atom is 0.305 e. The molecule has 0 spiro atoms. The first-order valence-electron chi connectivity index (χ1n) is 6.59. The maximum absolute atomic E-state index is 11.3. The second kappa shape index (κ2) is 6.68. The minimum atomic E-state index is -0.134. The summed E-state index contributed by atoms with van der Waals surface area (Å²) in [6, 6.07) is 8.27. The summed E-state index contributed by atoms with van der Waals surface area (Å²) in [6.07, 6.45) is 2.02. The van der Waals surface area contributed by atoms with Crippen molar-refractivity contribution < 1.29 is 9.53 Å². The van der Waals surface area contributed by atoms with E-state index in [2.05, 4.69) is 17.5 Å². The van der Waals surface area contributed by atoms with Crippen LogP contribution in [0.25, 0.3) is 10.1 Å². The fourth-order valence-electron chi connectivity index (χ4n) is 2.14. The Morgan fingerprint density at radius 2 is 2.21 bits per heavy atom. The highest BCUT2D eigenvalue weighted by molar-refractivity contribution is 7.17. The molecule has 102 valence electrons. The fourth-order valence-corrected chi connectivity index (χ4v) is 3.17. The van der Waals surface area contributed by atoms with Crippen molar-refractivity contribution in [3.63, 3.8) is 0 Å². The third-order valence-corrected chi connectivity index (χ3v) is 4.09. The molecule has 1 heterocycles. The van der Waals surface area contributed by atoms with Crippen molar-refractivity contribution >= 4 is 27.4 Å². The van der Waals surface area contributed by atoms with Crippen LogP contribution in [0.4, 0.5) is 0 Å². The van der Waals surface area contributed by atoms with Crippen molar-refractivity contribution in [2.24, 2.45) is 5.73 Å². The van der Waals surface area contributed by atoms with Gasteiger partial charge in [-0.05, 0) is 42.2 Å². The van der Waals surface area contributed by atoms with E-state index in [1.807, 2.05) is 19.1 Å². The molecule has 1 aromatic heterocycles. The minimum absolute atomic E-state index is 0.00873. The molecule has 1 atom stereocenters. The quantitative estimate of drug-likeness (QED) is 0.820. The molecular formula is C15H19NO2S. The molecule has 2 aromatic rings. The van der Waals surface area contributed by atoms with Crippen molar-refractivity contribution in [2.45, 2.75) is 32.2 Å². The van der Waals surface area contributed by atoms with Gasteiger partial charge in [-0.1, -0.05) is 18.2 Å². The Hall–Kier alpha value is -1.39. The molecule has 19 heavy (non-hydrogen) atoms. The number of esters is 1. The van der Waals surface area contributed by atoms with Crippen molar-refractivity contribution in [1.29, 1.82) is 0 Å². The third kappa shape index (κ3) is 3.55. The van der Waals surface area contributed by atoms with Crippen molar-refractivity contribution in [3.8, 4) is 0 Å². The molecule has 0 fully saturated rings. The Kier molecular flexibility index (Phi) is 4.93. The van der Waals surface area contributed by atoms with Gasteiger partial charge in [-0.25, -0.2) is 0 Å². The summed E-state index contributed by atoms with van der Waals surface area (Å²) in [5, 5.41) is 3.36. The number of ether oxygens (including phenoxy) is 1. The Balaban J connectivity index is 1.93. The zero-order valence-corrected chi connectivity index (χ0v) is 11.9. The van der Waals surface area contributed by atoms with E-state index in [1.165, 1.54) is 15.6 Å². The van der Waals surface area contributed by atoms with Gasteiger partial charge in [0.1, 0.15) is 0 Å². The van der Waals surface area contributed by atoms with Crippen molar-refractivity contribution in [3.05, 3.63) is 35.2 Å². The zero-order valence-electron chi connectivity index (χ0n) is 11.1. The van der Waals surface area contributed by atoms with Gasteiger partial charge in [0.25, 0.3) is 0 Å². The number of rotatable bonds is 6. The first-order chi connectivity index (χ1) is 9.22. The van der Waals surface area contributed by atoms with Crippen LogP contribution in [0.5, 0.6) is 0 Å². The molecule has 0 aliphatic carbocycles. The number of benzene rings is 1. The molecule has 0 bridgehead atoms. The fraction of sp³-hybridized carbons (Fsp3) is 0.400. The second-order valence-electron chi connectivity index (χ2n) is 4.49. The highest BCUT2D eigenvalue weighted by Gasteiger charge is 2.12. The number of fused-ring (bicyclic) bond motifs is 1. The number of nitrogens with two attached hydrogens (primary N) is 1. The average Bonchev–Trinajstić information content (AvgIpc) is 2.82. The normalized spacial score (nSPS) is 12.5. The van der Waals surface area contributed by atoms with Gasteiger partial charge >= 0.3 is 5.97 Å². The van der Waals surface area contributed by atoms with Crippen LogP contribution in [0.2, 0.25) is 0 Å². The molecule has 0 aliphatic heterocycles. The van der Waals surface area contributed by atoms with Crippen LogP contribution in [-0.4, -0.2) is 12.6 Å². The number of hydrogen-bond acceptors (Lipinski definition) is 4. The molecule has 2 N–H and O–H groups in total. The van der Waals surface area contributed by atoms with Gasteiger partial charge in [0.05, 0.1) is 6.61 Å². The van der Waals surface area contributed by atoms with E-state index in [1.54, 1.807) is 11.3 Å². The molecule has 0 saturated carbocycles. The lowest BCUT2D eigenvalue weighted by Crippen LogP contribution is -2.11. The van der Waals surface area contributed by atoms with Gasteiger partial charge in [-0.3, -0.25) is 4.79 Å². The number of carbonyl (C=O) groups is 1. The monoisotopic (exact) mass is 277 g/mol. The van der Waals surface area contributed by atoms with E-state index in [0.29, 0.717) is 13.0 Å². The van der Waals surface area contributed by atoms with Crippen LogP contribution in [0, 0.1) is 0 Å². The average molecular weight is 277 g/mol. The van der Waals surface area contributed by atoms with Gasteiger partial charge in [-0.2, -0.15) is 0 Å². The summed E-state index contributed by atoms with van der Waals surface area (Å²) in [7, 11) is 0. The van der Waals surface area contributed by atoms with Crippen LogP contribution < -0.4 is 5.73 Å². The molecule has 3 nitrogen and oxygen atoms in total. The van der Waals surface area contributed by atoms with Crippen LogP contribution in [-0.2, 0) is 9.53 Å². The summed E-state index contributed by atoms with van der Waals surface area (Å²) in [5.41, 5.74) is 7.40. The Morgan fingerprint density at radius 1 is 1.42 bits per heavy atom. The lowest BCUT2D eigenvalue weighted by Gasteiger charge is -2.10. The molecule has 2 rings (SSSR count). The van der Waals surface area contributed by atoms with E-state index < -0.39 is 0 Å². The third-order valence-electron chi connectivity index (χ3n) is 3.11. The van der Waals surface area contributed by atoms with Crippen LogP contribution in [0.3, 0.4) is 0 Å². The molecular weight excluding hydrogens is 258 g/mol. The first-order valence-corrected chi connectivity index (χ1v) is 7.47. The van der Waals surface area contributed by atoms with Crippen LogP contribution in [0.1, 0.15) is 37.8 Å². The van der Waals surface area contributed by atoms with E-state index in [4.69, 9.17) is 10.5 Å². The van der Waals surface area contributed by atoms with Crippen molar-refractivity contribution in [1.82, 2.24) is 0 Å². The molecule has 0 radical (unpaired) electrons. The summed E-state index contributed by atoms with van der Waals surface area (Å²) >= 11 is 1.72. The Bertz CT molecular complexity index is 550. The topological polar surface area (TPSA) is 52.3 Å². The summed E-state index contributed by atoms with van der Waals surface area (Å²) in [4.78, 5) is 11.3. The molecule has 1 unspecified atom stereocenters.